The zero-order valence-electron chi connectivity index (χ0n) is 31.9. The van der Waals surface area contributed by atoms with Gasteiger partial charge in [0.1, 0.15) is 17.5 Å². The summed E-state index contributed by atoms with van der Waals surface area (Å²) in [6, 6.07) is 8.12. The van der Waals surface area contributed by atoms with Crippen molar-refractivity contribution in [3.05, 3.63) is 74.7 Å². The number of nitrogens with zero attached hydrogens (tertiary/aromatic N) is 5. The molecule has 1 atom stereocenters. The molecule has 8 rings (SSSR count). The van der Waals surface area contributed by atoms with Gasteiger partial charge >= 0.3 is 6.03 Å². The summed E-state index contributed by atoms with van der Waals surface area (Å²) in [6.45, 7) is 1.32. The third kappa shape index (κ3) is 6.14. The molecule has 1 aromatic heterocycles. The van der Waals surface area contributed by atoms with E-state index in [9.17, 15) is 24.0 Å². The van der Waals surface area contributed by atoms with Gasteiger partial charge in [-0.3, -0.25) is 29.4 Å². The molecule has 16 heteroatoms. The first-order valence-corrected chi connectivity index (χ1v) is 18.8. The van der Waals surface area contributed by atoms with Crippen LogP contribution in [-0.2, 0) is 42.7 Å². The second-order valence-corrected chi connectivity index (χ2v) is 15.5. The zero-order chi connectivity index (χ0) is 39.7. The lowest BCUT2D eigenvalue weighted by atomic mass is 9.69. The Morgan fingerprint density at radius 1 is 0.946 bits per heavy atom. The van der Waals surface area contributed by atoms with E-state index < -0.39 is 29.8 Å². The zero-order valence-corrected chi connectivity index (χ0v) is 31.9. The molecule has 3 fully saturated rings. The number of imide groups is 1. The van der Waals surface area contributed by atoms with E-state index >= 15 is 8.78 Å². The molecule has 14 nitrogen and oxygen atoms in total. The van der Waals surface area contributed by atoms with Crippen LogP contribution in [0.3, 0.4) is 0 Å². The third-order valence-electron chi connectivity index (χ3n) is 12.3. The summed E-state index contributed by atoms with van der Waals surface area (Å²) in [4.78, 5) is 69.7. The minimum absolute atomic E-state index is 0.143. The van der Waals surface area contributed by atoms with E-state index in [0.717, 1.165) is 22.3 Å². The standard InChI is InChI=1S/C40H45F2N7O7/c1-43-38(54)47-11-9-26-28(17-45(2)36(52)29(26)19-47)24-13-32(55-3)30(33(14-24)56-4)18-46-12-10-39(40(41,42)22-46)20-48(21-39)25-6-5-23-16-49(37(53)27(23)15-25)31-7-8-34(50)44-35(31)51/h5-6,13-15,17,31H,7-12,16,18-22H2,1-4H3,(H,43,54)(H,44,50,51). The number of piperidine rings is 2. The van der Waals surface area contributed by atoms with Gasteiger partial charge in [-0.1, -0.05) is 6.07 Å². The van der Waals surface area contributed by atoms with Gasteiger partial charge in [-0.2, -0.15) is 0 Å². The number of carbonyl (C=O) groups is 4. The summed E-state index contributed by atoms with van der Waals surface area (Å²) in [5.74, 6) is -3.18. The minimum Gasteiger partial charge on any atom is -0.496 e. The third-order valence-corrected chi connectivity index (χ3v) is 12.3. The Labute approximate surface area is 322 Å². The molecule has 0 radical (unpaired) electrons. The van der Waals surface area contributed by atoms with Crippen LogP contribution in [0.25, 0.3) is 11.1 Å². The average Bonchev–Trinajstić information content (AvgIpc) is 3.49. The minimum atomic E-state index is -3.01. The van der Waals surface area contributed by atoms with E-state index in [1.807, 2.05) is 29.2 Å². The number of carbonyl (C=O) groups excluding carboxylic acids is 4. The van der Waals surface area contributed by atoms with Crippen molar-refractivity contribution in [2.24, 2.45) is 12.5 Å². The van der Waals surface area contributed by atoms with Gasteiger partial charge in [0.05, 0.1) is 38.3 Å². The number of ether oxygens (including phenoxy) is 2. The van der Waals surface area contributed by atoms with Gasteiger partial charge in [-0.15, -0.1) is 0 Å². The van der Waals surface area contributed by atoms with Crippen LogP contribution in [-0.4, -0.2) is 109 Å². The van der Waals surface area contributed by atoms with Crippen molar-refractivity contribution in [1.82, 2.24) is 29.9 Å². The number of hydrogen-bond acceptors (Lipinski definition) is 9. The molecule has 296 valence electrons. The highest BCUT2D eigenvalue weighted by atomic mass is 19.3. The maximum Gasteiger partial charge on any atom is 0.317 e. The summed E-state index contributed by atoms with van der Waals surface area (Å²) in [5.41, 5.74) is 4.09. The fraction of sp³-hybridized carbons (Fsp3) is 0.475. The normalized spacial score (nSPS) is 21.4. The van der Waals surface area contributed by atoms with E-state index in [0.29, 0.717) is 53.4 Å². The number of halogens is 2. The summed E-state index contributed by atoms with van der Waals surface area (Å²) in [7, 11) is 6.28. The maximum absolute atomic E-state index is 16.2. The second kappa shape index (κ2) is 13.9. The Kier molecular flexibility index (Phi) is 9.29. The van der Waals surface area contributed by atoms with E-state index in [-0.39, 0.29) is 75.4 Å². The molecule has 5 aliphatic heterocycles. The highest BCUT2D eigenvalue weighted by Gasteiger charge is 2.62. The largest absolute Gasteiger partial charge is 0.496 e. The monoisotopic (exact) mass is 773 g/mol. The van der Waals surface area contributed by atoms with Crippen molar-refractivity contribution in [2.45, 2.75) is 57.3 Å². The molecule has 0 bridgehead atoms. The van der Waals surface area contributed by atoms with Gasteiger partial charge in [0.25, 0.3) is 17.4 Å². The molecule has 2 aromatic carbocycles. The maximum atomic E-state index is 16.2. The van der Waals surface area contributed by atoms with Gasteiger partial charge in [0.2, 0.25) is 11.8 Å². The van der Waals surface area contributed by atoms with E-state index in [1.165, 1.54) is 23.7 Å². The SMILES string of the molecule is CNC(=O)N1CCc2c(-c3cc(OC)c(CN4CCC5(CN(c6ccc7c(c6)C(=O)N(C6CCC(=O)NC6=O)C7)C5)C(F)(F)C4)c(OC)c3)cn(C)c(=O)c2C1. The molecule has 3 saturated heterocycles. The van der Waals surface area contributed by atoms with Gasteiger partial charge < -0.3 is 34.1 Å². The fourth-order valence-corrected chi connectivity index (χ4v) is 9.11. The van der Waals surface area contributed by atoms with Gasteiger partial charge in [0, 0.05) is 81.8 Å². The van der Waals surface area contributed by atoms with E-state index in [1.54, 1.807) is 36.2 Å². The molecule has 1 unspecified atom stereocenters. The lowest BCUT2D eigenvalue weighted by Crippen LogP contribution is -2.70. The number of pyridine rings is 1. The molecule has 0 saturated carbocycles. The first kappa shape index (κ1) is 37.4. The van der Waals surface area contributed by atoms with Gasteiger partial charge in [-0.05, 0) is 66.8 Å². The second-order valence-electron chi connectivity index (χ2n) is 15.5. The number of benzene rings is 2. The number of urea groups is 1. The van der Waals surface area contributed by atoms with Crippen molar-refractivity contribution < 1.29 is 37.4 Å². The number of aromatic nitrogens is 1. The lowest BCUT2D eigenvalue weighted by Gasteiger charge is -2.58. The number of likely N-dealkylation sites (tertiary alicyclic amines) is 1. The van der Waals surface area contributed by atoms with Crippen molar-refractivity contribution in [1.29, 1.82) is 0 Å². The topological polar surface area (TPSA) is 146 Å². The van der Waals surface area contributed by atoms with Gasteiger partial charge in [0.15, 0.2) is 0 Å². The van der Waals surface area contributed by atoms with Crippen LogP contribution in [0, 0.1) is 5.41 Å². The predicted molar refractivity (Wildman–Crippen MR) is 201 cm³/mol. The molecule has 0 aliphatic carbocycles. The molecule has 6 heterocycles. The van der Waals surface area contributed by atoms with Crippen LogP contribution in [0.1, 0.15) is 51.9 Å². The quantitative estimate of drug-likeness (QED) is 0.347. The van der Waals surface area contributed by atoms with E-state index in [4.69, 9.17) is 9.47 Å². The number of hydrogen-bond donors (Lipinski definition) is 2. The van der Waals surface area contributed by atoms with Crippen LogP contribution in [0.2, 0.25) is 0 Å². The number of aryl methyl sites for hydroxylation is 1. The number of amides is 5. The molecule has 56 heavy (non-hydrogen) atoms. The Morgan fingerprint density at radius 2 is 1.68 bits per heavy atom. The Hall–Kier alpha value is -5.51. The highest BCUT2D eigenvalue weighted by molar-refractivity contribution is 6.05. The van der Waals surface area contributed by atoms with Crippen LogP contribution in [0.4, 0.5) is 19.3 Å². The molecule has 3 aromatic rings. The fourth-order valence-electron chi connectivity index (χ4n) is 9.11. The molecule has 5 aliphatic rings. The number of alkyl halides is 2. The van der Waals surface area contributed by atoms with Crippen LogP contribution in [0.15, 0.2) is 41.3 Å². The van der Waals surface area contributed by atoms with Crippen molar-refractivity contribution in [3.63, 3.8) is 0 Å². The molecule has 5 amide bonds. The first-order chi connectivity index (χ1) is 26.8. The lowest BCUT2D eigenvalue weighted by molar-refractivity contribution is -0.181. The molecular weight excluding hydrogens is 728 g/mol. The predicted octanol–water partition coefficient (Wildman–Crippen LogP) is 2.88. The summed E-state index contributed by atoms with van der Waals surface area (Å²) < 4.78 is 45.6. The summed E-state index contributed by atoms with van der Waals surface area (Å²) in [5, 5.41) is 4.93. The smallest absolute Gasteiger partial charge is 0.317 e. The highest BCUT2D eigenvalue weighted by Crippen LogP contribution is 2.52. The Morgan fingerprint density at radius 3 is 2.34 bits per heavy atom. The average molecular weight is 774 g/mol. The summed E-state index contributed by atoms with van der Waals surface area (Å²) >= 11 is 0. The summed E-state index contributed by atoms with van der Waals surface area (Å²) in [6.07, 6.45) is 2.95. The number of rotatable bonds is 7. The van der Waals surface area contributed by atoms with Crippen LogP contribution >= 0.6 is 0 Å². The first-order valence-electron chi connectivity index (χ1n) is 18.8. The van der Waals surface area contributed by atoms with Crippen molar-refractivity contribution >= 4 is 29.4 Å². The number of nitrogens with one attached hydrogen (secondary N) is 2. The Balaban J connectivity index is 0.966. The molecular formula is C40H45F2N7O7. The van der Waals surface area contributed by atoms with Crippen molar-refractivity contribution in [3.8, 4) is 22.6 Å². The molecule has 1 spiro atoms. The number of fused-ring (bicyclic) bond motifs is 2. The molecule has 2 N–H and O–H groups in total. The van der Waals surface area contributed by atoms with Crippen LogP contribution in [0.5, 0.6) is 11.5 Å². The number of methoxy groups -OCH3 is 2. The van der Waals surface area contributed by atoms with Crippen LogP contribution < -0.4 is 30.6 Å². The van der Waals surface area contributed by atoms with E-state index in [2.05, 4.69) is 10.6 Å². The Bertz CT molecular complexity index is 2190. The van der Waals surface area contributed by atoms with Crippen molar-refractivity contribution in [2.75, 3.05) is 58.9 Å². The van der Waals surface area contributed by atoms with Gasteiger partial charge in [-0.25, -0.2) is 13.6 Å². The number of anilines is 1.